The molecule has 1 aromatic rings. The summed E-state index contributed by atoms with van der Waals surface area (Å²) in [4.78, 5) is 99.5. The van der Waals surface area contributed by atoms with Gasteiger partial charge in [-0.25, -0.2) is 4.79 Å². The minimum absolute atomic E-state index is 0.0441. The van der Waals surface area contributed by atoms with Gasteiger partial charge in [0.2, 0.25) is 29.5 Å². The number of anilines is 1. The van der Waals surface area contributed by atoms with Gasteiger partial charge in [-0.1, -0.05) is 6.92 Å². The van der Waals surface area contributed by atoms with Crippen molar-refractivity contribution in [2.45, 2.75) is 160 Å². The Morgan fingerprint density at radius 1 is 0.706 bits per heavy atom. The number of aliphatic carboxylic acids is 2. The normalized spacial score (nSPS) is 16.3. The summed E-state index contributed by atoms with van der Waals surface area (Å²) in [5.41, 5.74) is 5.69. The monoisotopic (exact) mass is 961 g/mol. The fourth-order valence-electron chi connectivity index (χ4n) is 7.64. The van der Waals surface area contributed by atoms with E-state index in [1.165, 1.54) is 0 Å². The number of ether oxygens (including phenoxy) is 2. The summed E-state index contributed by atoms with van der Waals surface area (Å²) in [6.07, 6.45) is 5.24. The van der Waals surface area contributed by atoms with Crippen molar-refractivity contribution in [3.8, 4) is 0 Å². The number of primary amides is 1. The summed E-state index contributed by atoms with van der Waals surface area (Å²) in [5.74, 6) is -5.12. The average molecular weight is 961 g/mol. The maximum absolute atomic E-state index is 13.1. The van der Waals surface area contributed by atoms with Crippen LogP contribution in [-0.4, -0.2) is 133 Å². The van der Waals surface area contributed by atoms with Gasteiger partial charge in [-0.15, -0.1) is 0 Å². The molecule has 20 nitrogen and oxygen atoms in total. The van der Waals surface area contributed by atoms with Crippen LogP contribution in [0.4, 0.5) is 5.69 Å². The fourth-order valence-corrected chi connectivity index (χ4v) is 7.64. The first-order valence-electron chi connectivity index (χ1n) is 24.1. The van der Waals surface area contributed by atoms with Crippen molar-refractivity contribution < 1.29 is 58.0 Å². The highest BCUT2D eigenvalue weighted by Crippen LogP contribution is 2.29. The Hall–Kier alpha value is -5.34. The number of hydrogen-bond donors (Lipinski definition) is 10. The summed E-state index contributed by atoms with van der Waals surface area (Å²) in [5, 5.41) is 38.7. The SMILES string of the molecule is CCCNc1ccc(C(=O)NCCCCC(NC(=O)CCC(C)(C)OCCC(C)(C)OCCNC(=O)[C@H](CCC(=O)O)NC(=O)CCC(NC(=O)C2CCC(CNC)CC2)C(=O)O)C(N)=O)cc1. The molecule has 1 aromatic carbocycles. The van der Waals surface area contributed by atoms with Crippen molar-refractivity contribution >= 4 is 53.1 Å². The third-order valence-electron chi connectivity index (χ3n) is 11.9. The number of rotatable bonds is 35. The van der Waals surface area contributed by atoms with E-state index in [9.17, 15) is 48.6 Å². The summed E-state index contributed by atoms with van der Waals surface area (Å²) in [7, 11) is 1.87. The molecule has 0 bridgehead atoms. The second-order valence-electron chi connectivity index (χ2n) is 18.8. The van der Waals surface area contributed by atoms with Crippen LogP contribution in [0.3, 0.4) is 0 Å². The third-order valence-corrected chi connectivity index (χ3v) is 11.9. The van der Waals surface area contributed by atoms with Crippen molar-refractivity contribution in [3.05, 3.63) is 29.8 Å². The van der Waals surface area contributed by atoms with E-state index in [4.69, 9.17) is 15.2 Å². The molecule has 1 saturated carbocycles. The topological polar surface area (TPSA) is 306 Å². The summed E-state index contributed by atoms with van der Waals surface area (Å²) in [6, 6.07) is 3.88. The average Bonchev–Trinajstić information content (AvgIpc) is 3.28. The zero-order valence-electron chi connectivity index (χ0n) is 41.1. The van der Waals surface area contributed by atoms with Gasteiger partial charge < -0.3 is 62.6 Å². The maximum Gasteiger partial charge on any atom is 0.326 e. The minimum Gasteiger partial charge on any atom is -0.481 e. The highest BCUT2D eigenvalue weighted by atomic mass is 16.5. The molecule has 1 aliphatic carbocycles. The molecular weight excluding hydrogens is 881 g/mol. The Kier molecular flexibility index (Phi) is 26.7. The summed E-state index contributed by atoms with van der Waals surface area (Å²) in [6.45, 7) is 12.0. The van der Waals surface area contributed by atoms with Crippen LogP contribution in [-0.2, 0) is 43.0 Å². The number of nitrogens with two attached hydrogens (primary N) is 1. The Balaban J connectivity index is 1.71. The minimum atomic E-state index is -1.31. The lowest BCUT2D eigenvalue weighted by atomic mass is 9.81. The molecule has 0 radical (unpaired) electrons. The molecule has 0 saturated heterocycles. The van der Waals surface area contributed by atoms with Gasteiger partial charge in [-0.3, -0.25) is 33.6 Å². The van der Waals surface area contributed by atoms with Crippen LogP contribution in [0.2, 0.25) is 0 Å². The molecule has 1 aliphatic rings. The maximum atomic E-state index is 13.1. The highest BCUT2D eigenvalue weighted by Gasteiger charge is 2.31. The molecule has 68 heavy (non-hydrogen) atoms. The smallest absolute Gasteiger partial charge is 0.326 e. The number of nitrogens with one attached hydrogen (secondary N) is 7. The first kappa shape index (κ1) is 58.8. The van der Waals surface area contributed by atoms with E-state index in [1.54, 1.807) is 12.1 Å². The predicted octanol–water partition coefficient (Wildman–Crippen LogP) is 2.98. The summed E-state index contributed by atoms with van der Waals surface area (Å²) >= 11 is 0. The van der Waals surface area contributed by atoms with Crippen molar-refractivity contribution in [1.82, 2.24) is 31.9 Å². The van der Waals surface area contributed by atoms with Crippen molar-refractivity contribution in [3.63, 3.8) is 0 Å². The number of carboxylic acid groups (broad SMARTS) is 2. The second kappa shape index (κ2) is 30.9. The third kappa shape index (κ3) is 24.6. The largest absolute Gasteiger partial charge is 0.481 e. The van der Waals surface area contributed by atoms with Crippen LogP contribution >= 0.6 is 0 Å². The molecule has 384 valence electrons. The van der Waals surface area contributed by atoms with Gasteiger partial charge in [-0.2, -0.15) is 0 Å². The second-order valence-corrected chi connectivity index (χ2v) is 18.8. The highest BCUT2D eigenvalue weighted by molar-refractivity contribution is 5.94. The number of unbranched alkanes of at least 4 members (excludes halogenated alkanes) is 1. The molecule has 0 aliphatic heterocycles. The molecule has 0 spiro atoms. The van der Waals surface area contributed by atoms with Gasteiger partial charge in [0.1, 0.15) is 18.1 Å². The molecule has 20 heteroatoms. The fraction of sp³-hybridized carbons (Fsp3) is 0.708. The first-order chi connectivity index (χ1) is 32.1. The van der Waals surface area contributed by atoms with E-state index < -0.39 is 65.4 Å². The Labute approximate surface area is 401 Å². The van der Waals surface area contributed by atoms with Crippen LogP contribution in [0.15, 0.2) is 24.3 Å². The lowest BCUT2D eigenvalue weighted by Gasteiger charge is -2.30. The number of carbonyl (C=O) groups excluding carboxylic acids is 6. The van der Waals surface area contributed by atoms with Gasteiger partial charge in [-0.05, 0) is 149 Å². The first-order valence-corrected chi connectivity index (χ1v) is 24.1. The number of carboxylic acids is 2. The molecular formula is C48H80N8O12. The van der Waals surface area contributed by atoms with Crippen LogP contribution in [0, 0.1) is 11.8 Å². The molecule has 2 rings (SSSR count). The molecule has 6 amide bonds. The quantitative estimate of drug-likeness (QED) is 0.0438. The Bertz CT molecular complexity index is 1770. The van der Waals surface area contributed by atoms with E-state index >= 15 is 0 Å². The molecule has 3 atom stereocenters. The lowest BCUT2D eigenvalue weighted by Crippen LogP contribution is -2.49. The Morgan fingerprint density at radius 3 is 1.94 bits per heavy atom. The number of hydrogen-bond acceptors (Lipinski definition) is 12. The number of amides is 6. The zero-order chi connectivity index (χ0) is 50.7. The number of carbonyl (C=O) groups is 8. The van der Waals surface area contributed by atoms with E-state index in [1.807, 2.05) is 46.9 Å². The van der Waals surface area contributed by atoms with E-state index in [0.717, 1.165) is 38.0 Å². The van der Waals surface area contributed by atoms with Crippen molar-refractivity contribution in [2.24, 2.45) is 17.6 Å². The van der Waals surface area contributed by atoms with Crippen LogP contribution in [0.25, 0.3) is 0 Å². The molecule has 0 heterocycles. The molecule has 1 fully saturated rings. The van der Waals surface area contributed by atoms with Crippen LogP contribution in [0.5, 0.6) is 0 Å². The van der Waals surface area contributed by atoms with Crippen molar-refractivity contribution in [2.75, 3.05) is 51.8 Å². The van der Waals surface area contributed by atoms with Crippen LogP contribution < -0.4 is 43.0 Å². The lowest BCUT2D eigenvalue weighted by molar-refractivity contribution is -0.143. The molecule has 2 unspecified atom stereocenters. The van der Waals surface area contributed by atoms with Crippen LogP contribution in [0.1, 0.15) is 141 Å². The zero-order valence-corrected chi connectivity index (χ0v) is 41.1. The standard InChI is InChI=1S/C48H80N8O12/c1-7-26-51-35-17-15-33(16-18-35)43(62)52-27-9-8-10-36(42(49)61)54-40(58)23-24-47(2,3)67-29-25-48(4,5)68-30-28-53-45(64)37(20-22-41(59)60)55-39(57)21-19-38(46(65)66)56-44(63)34-13-11-32(12-14-34)31-50-6/h15-18,32,34,36-38,50-51H,7-14,19-31H2,1-6H3,(H2,49,61)(H,52,62)(H,53,64)(H,54,58)(H,55,57)(H,56,63)(H,59,60)(H,65,66)/t32?,34?,36?,37-,38?/m0/s1. The van der Waals surface area contributed by atoms with Gasteiger partial charge in [0.25, 0.3) is 5.91 Å². The van der Waals surface area contributed by atoms with Crippen molar-refractivity contribution in [1.29, 1.82) is 0 Å². The van der Waals surface area contributed by atoms with E-state index in [-0.39, 0.29) is 69.1 Å². The molecule has 0 aromatic heterocycles. The molecule has 11 N–H and O–H groups in total. The van der Waals surface area contributed by atoms with Gasteiger partial charge in [0.05, 0.1) is 24.4 Å². The van der Waals surface area contributed by atoms with E-state index in [2.05, 4.69) is 44.1 Å². The van der Waals surface area contributed by atoms with Gasteiger partial charge >= 0.3 is 11.9 Å². The Morgan fingerprint density at radius 2 is 1.32 bits per heavy atom. The predicted molar refractivity (Wildman–Crippen MR) is 256 cm³/mol. The summed E-state index contributed by atoms with van der Waals surface area (Å²) < 4.78 is 12.1. The van der Waals surface area contributed by atoms with E-state index in [0.29, 0.717) is 63.0 Å². The van der Waals surface area contributed by atoms with Gasteiger partial charge in [0.15, 0.2) is 0 Å². The number of benzene rings is 1. The van der Waals surface area contributed by atoms with Gasteiger partial charge in [0, 0.05) is 56.1 Å².